The quantitative estimate of drug-likeness (QED) is 0.702. The second kappa shape index (κ2) is 3.01. The van der Waals surface area contributed by atoms with Gasteiger partial charge in [0.2, 0.25) is 0 Å². The van der Waals surface area contributed by atoms with E-state index in [2.05, 4.69) is 20.6 Å². The summed E-state index contributed by atoms with van der Waals surface area (Å²) >= 11 is 6.10. The Balaban J connectivity index is 2.30. The van der Waals surface area contributed by atoms with Gasteiger partial charge in [-0.3, -0.25) is 5.10 Å². The van der Waals surface area contributed by atoms with E-state index < -0.39 is 0 Å². The van der Waals surface area contributed by atoms with Crippen molar-refractivity contribution in [2.75, 3.05) is 7.05 Å². The SMILES string of the molecule is CC1=C(Cl)C(c2ncn[nH]2)NN1C. The summed E-state index contributed by atoms with van der Waals surface area (Å²) in [6.45, 7) is 1.95. The summed E-state index contributed by atoms with van der Waals surface area (Å²) in [6, 6.07) is -0.0887. The Morgan fingerprint density at radius 2 is 2.38 bits per heavy atom. The van der Waals surface area contributed by atoms with Crippen LogP contribution in [0.25, 0.3) is 0 Å². The third-order valence-electron chi connectivity index (χ3n) is 2.13. The molecule has 0 fully saturated rings. The van der Waals surface area contributed by atoms with Gasteiger partial charge in [0.05, 0.1) is 5.03 Å². The molecule has 6 heteroatoms. The van der Waals surface area contributed by atoms with Gasteiger partial charge in [-0.15, -0.1) is 0 Å². The fraction of sp³-hybridized carbons (Fsp3) is 0.429. The smallest absolute Gasteiger partial charge is 0.148 e. The van der Waals surface area contributed by atoms with Crippen molar-refractivity contribution in [3.63, 3.8) is 0 Å². The van der Waals surface area contributed by atoms with Crippen LogP contribution in [0.5, 0.6) is 0 Å². The zero-order chi connectivity index (χ0) is 9.42. The molecule has 0 spiro atoms. The predicted molar refractivity (Wildman–Crippen MR) is 48.6 cm³/mol. The zero-order valence-electron chi connectivity index (χ0n) is 7.37. The molecule has 1 aromatic rings. The molecular formula is C7H10ClN5. The van der Waals surface area contributed by atoms with Gasteiger partial charge in [-0.1, -0.05) is 11.6 Å². The highest BCUT2D eigenvalue weighted by molar-refractivity contribution is 6.30. The highest BCUT2D eigenvalue weighted by Crippen LogP contribution is 2.31. The summed E-state index contributed by atoms with van der Waals surface area (Å²) in [5, 5.41) is 9.18. The number of hydrogen-bond acceptors (Lipinski definition) is 4. The topological polar surface area (TPSA) is 56.8 Å². The van der Waals surface area contributed by atoms with Gasteiger partial charge in [0.1, 0.15) is 18.2 Å². The van der Waals surface area contributed by atoms with E-state index in [0.717, 1.165) is 16.6 Å². The molecule has 5 nitrogen and oxygen atoms in total. The van der Waals surface area contributed by atoms with Gasteiger partial charge in [0.25, 0.3) is 0 Å². The van der Waals surface area contributed by atoms with Crippen LogP contribution >= 0.6 is 11.6 Å². The molecule has 1 unspecified atom stereocenters. The molecule has 1 aliphatic heterocycles. The monoisotopic (exact) mass is 199 g/mol. The maximum atomic E-state index is 6.10. The van der Waals surface area contributed by atoms with Gasteiger partial charge < -0.3 is 5.01 Å². The minimum atomic E-state index is -0.0887. The Morgan fingerprint density at radius 3 is 2.85 bits per heavy atom. The summed E-state index contributed by atoms with van der Waals surface area (Å²) in [5.74, 6) is 0.730. The summed E-state index contributed by atoms with van der Waals surface area (Å²) in [5.41, 5.74) is 4.15. The molecule has 2 N–H and O–H groups in total. The number of rotatable bonds is 1. The number of aromatic nitrogens is 3. The van der Waals surface area contributed by atoms with E-state index in [1.54, 1.807) is 0 Å². The molecule has 0 aliphatic carbocycles. The second-order valence-electron chi connectivity index (χ2n) is 2.93. The first-order chi connectivity index (χ1) is 6.20. The third-order valence-corrected chi connectivity index (χ3v) is 2.62. The zero-order valence-corrected chi connectivity index (χ0v) is 8.13. The molecule has 1 atom stereocenters. The van der Waals surface area contributed by atoms with Gasteiger partial charge in [0.15, 0.2) is 0 Å². The van der Waals surface area contributed by atoms with Crippen molar-refractivity contribution in [3.8, 4) is 0 Å². The maximum absolute atomic E-state index is 6.10. The normalized spacial score (nSPS) is 23.0. The largest absolute Gasteiger partial charge is 0.314 e. The van der Waals surface area contributed by atoms with Crippen LogP contribution in [0, 0.1) is 0 Å². The highest BCUT2D eigenvalue weighted by atomic mass is 35.5. The summed E-state index contributed by atoms with van der Waals surface area (Å²) < 4.78 is 0. The molecule has 0 radical (unpaired) electrons. The van der Waals surface area contributed by atoms with Gasteiger partial charge in [0, 0.05) is 12.7 Å². The molecule has 1 aromatic heterocycles. The molecule has 0 saturated carbocycles. The average molecular weight is 200 g/mol. The summed E-state index contributed by atoms with van der Waals surface area (Å²) in [6.07, 6.45) is 1.47. The van der Waals surface area contributed by atoms with Crippen LogP contribution in [0.15, 0.2) is 17.1 Å². The van der Waals surface area contributed by atoms with Crippen LogP contribution in [-0.2, 0) is 0 Å². The van der Waals surface area contributed by atoms with E-state index in [-0.39, 0.29) is 6.04 Å². The van der Waals surface area contributed by atoms with E-state index in [1.807, 2.05) is 19.0 Å². The number of nitrogens with one attached hydrogen (secondary N) is 2. The van der Waals surface area contributed by atoms with Gasteiger partial charge in [-0.2, -0.15) is 5.10 Å². The van der Waals surface area contributed by atoms with Crippen molar-refractivity contribution in [3.05, 3.63) is 22.9 Å². The number of hydrogen-bond donors (Lipinski definition) is 2. The molecule has 0 aromatic carbocycles. The molecule has 1 aliphatic rings. The fourth-order valence-electron chi connectivity index (χ4n) is 1.25. The lowest BCUT2D eigenvalue weighted by molar-refractivity contribution is 0.306. The molecule has 0 bridgehead atoms. The van der Waals surface area contributed by atoms with E-state index in [4.69, 9.17) is 11.6 Å². The Hall–Kier alpha value is -1.07. The van der Waals surface area contributed by atoms with Crippen LogP contribution in [0.2, 0.25) is 0 Å². The lowest BCUT2D eigenvalue weighted by Gasteiger charge is -2.14. The fourth-order valence-corrected chi connectivity index (χ4v) is 1.53. The number of aromatic amines is 1. The van der Waals surface area contributed by atoms with Crippen molar-refractivity contribution in [1.82, 2.24) is 25.6 Å². The number of nitrogens with zero attached hydrogens (tertiary/aromatic N) is 3. The molecule has 0 amide bonds. The molecular weight excluding hydrogens is 190 g/mol. The molecule has 70 valence electrons. The first-order valence-corrected chi connectivity index (χ1v) is 4.29. The van der Waals surface area contributed by atoms with Crippen LogP contribution in [0.1, 0.15) is 18.8 Å². The van der Waals surface area contributed by atoms with Gasteiger partial charge >= 0.3 is 0 Å². The molecule has 13 heavy (non-hydrogen) atoms. The van der Waals surface area contributed by atoms with E-state index in [9.17, 15) is 0 Å². The first-order valence-electron chi connectivity index (χ1n) is 3.91. The lowest BCUT2D eigenvalue weighted by atomic mass is 10.2. The predicted octanol–water partition coefficient (Wildman–Crippen LogP) is 0.766. The lowest BCUT2D eigenvalue weighted by Crippen LogP contribution is -2.29. The first kappa shape index (κ1) is 8.52. The van der Waals surface area contributed by atoms with E-state index in [1.165, 1.54) is 6.33 Å². The second-order valence-corrected chi connectivity index (χ2v) is 3.33. The van der Waals surface area contributed by atoms with Crippen LogP contribution in [0.3, 0.4) is 0 Å². The van der Waals surface area contributed by atoms with Crippen molar-refractivity contribution < 1.29 is 0 Å². The van der Waals surface area contributed by atoms with Gasteiger partial charge in [-0.25, -0.2) is 10.4 Å². The van der Waals surface area contributed by atoms with Gasteiger partial charge in [-0.05, 0) is 6.92 Å². The molecule has 2 heterocycles. The molecule has 2 rings (SSSR count). The minimum absolute atomic E-state index is 0.0887. The summed E-state index contributed by atoms with van der Waals surface area (Å²) in [7, 11) is 1.91. The Labute approximate surface area is 80.8 Å². The summed E-state index contributed by atoms with van der Waals surface area (Å²) in [4.78, 5) is 4.04. The number of halogens is 1. The van der Waals surface area contributed by atoms with Crippen molar-refractivity contribution in [1.29, 1.82) is 0 Å². The average Bonchev–Trinajstić information content (AvgIpc) is 2.70. The standard InChI is InChI=1S/C7H10ClN5/c1-4-5(8)6(12-13(4)2)7-9-3-10-11-7/h3,6,12H,1-2H3,(H,9,10,11). The number of hydrazine groups is 1. The Morgan fingerprint density at radius 1 is 1.62 bits per heavy atom. The van der Waals surface area contributed by atoms with Crippen molar-refractivity contribution >= 4 is 11.6 Å². The third kappa shape index (κ3) is 1.30. The van der Waals surface area contributed by atoms with E-state index in [0.29, 0.717) is 0 Å². The Kier molecular flexibility index (Phi) is 1.97. The molecule has 0 saturated heterocycles. The van der Waals surface area contributed by atoms with Crippen LogP contribution in [0.4, 0.5) is 0 Å². The van der Waals surface area contributed by atoms with Crippen molar-refractivity contribution in [2.45, 2.75) is 13.0 Å². The van der Waals surface area contributed by atoms with Crippen LogP contribution in [-0.4, -0.2) is 27.2 Å². The number of H-pyrrole nitrogens is 1. The minimum Gasteiger partial charge on any atom is -0.314 e. The van der Waals surface area contributed by atoms with Crippen LogP contribution < -0.4 is 5.43 Å². The van der Waals surface area contributed by atoms with E-state index >= 15 is 0 Å². The Bertz CT molecular complexity index is 331. The maximum Gasteiger partial charge on any atom is 0.148 e. The van der Waals surface area contributed by atoms with Crippen molar-refractivity contribution in [2.24, 2.45) is 0 Å². The number of allylic oxidation sites excluding steroid dienone is 1. The highest BCUT2D eigenvalue weighted by Gasteiger charge is 2.28.